The summed E-state index contributed by atoms with van der Waals surface area (Å²) in [6.07, 6.45) is 3.36. The van der Waals surface area contributed by atoms with Crippen molar-refractivity contribution in [1.29, 1.82) is 5.26 Å². The molecule has 0 heterocycles. The van der Waals surface area contributed by atoms with Gasteiger partial charge in [0.25, 0.3) is 0 Å². The number of benzene rings is 1. The summed E-state index contributed by atoms with van der Waals surface area (Å²) in [6.45, 7) is 3.85. The summed E-state index contributed by atoms with van der Waals surface area (Å²) in [5.74, 6) is 0.289. The normalized spacial score (nSPS) is 14.7. The molecule has 1 aromatic carbocycles. The van der Waals surface area contributed by atoms with E-state index in [-0.39, 0.29) is 30.6 Å². The monoisotopic (exact) mass is 399 g/mol. The summed E-state index contributed by atoms with van der Waals surface area (Å²) in [5, 5.41) is 9.49. The van der Waals surface area contributed by atoms with Gasteiger partial charge in [0.05, 0.1) is 24.9 Å². The Hall–Kier alpha value is -1.65. The number of alkyl halides is 1. The fraction of sp³-hybridized carbons (Fsp3) is 0.550. The van der Waals surface area contributed by atoms with Crippen molar-refractivity contribution in [1.82, 2.24) is 0 Å². The van der Waals surface area contributed by atoms with Crippen molar-refractivity contribution in [2.75, 3.05) is 26.9 Å². The summed E-state index contributed by atoms with van der Waals surface area (Å²) >= 11 is 5.83. The van der Waals surface area contributed by atoms with Gasteiger partial charge in [0.2, 0.25) is 0 Å². The third-order valence-corrected chi connectivity index (χ3v) is 3.83. The summed E-state index contributed by atoms with van der Waals surface area (Å²) < 4.78 is 35.9. The molecule has 2 unspecified atom stereocenters. The molecular formula is C20H27ClFNO4. The second-order valence-electron chi connectivity index (χ2n) is 5.92. The molecule has 0 aliphatic heterocycles. The molecule has 0 aromatic heterocycles. The molecule has 3 atom stereocenters. The largest absolute Gasteiger partial charge is 0.489 e. The lowest BCUT2D eigenvalue weighted by molar-refractivity contribution is -0.165. The van der Waals surface area contributed by atoms with Crippen LogP contribution in [-0.4, -0.2) is 45.5 Å². The van der Waals surface area contributed by atoms with Crippen LogP contribution in [0.1, 0.15) is 32.3 Å². The summed E-state index contributed by atoms with van der Waals surface area (Å²) in [6, 6.07) is 6.57. The van der Waals surface area contributed by atoms with Gasteiger partial charge in [-0.05, 0) is 31.5 Å². The highest BCUT2D eigenvalue weighted by molar-refractivity contribution is 6.30. The quantitative estimate of drug-likeness (QED) is 0.356. The molecule has 0 spiro atoms. The van der Waals surface area contributed by atoms with Gasteiger partial charge in [-0.3, -0.25) is 0 Å². The van der Waals surface area contributed by atoms with Gasteiger partial charge in [-0.1, -0.05) is 30.7 Å². The third kappa shape index (κ3) is 9.73. The molecule has 0 bridgehead atoms. The molecule has 0 N–H and O–H groups in total. The van der Waals surface area contributed by atoms with E-state index in [1.54, 1.807) is 19.2 Å². The highest BCUT2D eigenvalue weighted by Crippen LogP contribution is 2.22. The maximum atomic E-state index is 14.2. The van der Waals surface area contributed by atoms with Gasteiger partial charge >= 0.3 is 0 Å². The Kier molecular flexibility index (Phi) is 11.7. The number of nitrogens with zero attached hydrogens (tertiary/aromatic N) is 1. The lowest BCUT2D eigenvalue weighted by atomic mass is 10.2. The maximum absolute atomic E-state index is 14.2. The van der Waals surface area contributed by atoms with Crippen LogP contribution in [0.25, 0.3) is 0 Å². The first-order chi connectivity index (χ1) is 13.0. The van der Waals surface area contributed by atoms with Gasteiger partial charge in [0, 0.05) is 18.6 Å². The van der Waals surface area contributed by atoms with Crippen LogP contribution in [0.5, 0.6) is 5.75 Å². The molecule has 0 radical (unpaired) electrons. The third-order valence-electron chi connectivity index (χ3n) is 3.59. The van der Waals surface area contributed by atoms with Crippen LogP contribution in [0, 0.1) is 11.3 Å². The van der Waals surface area contributed by atoms with E-state index in [4.69, 9.17) is 35.8 Å². The number of ether oxygens (including phenoxy) is 4. The Morgan fingerprint density at radius 1 is 1.22 bits per heavy atom. The first kappa shape index (κ1) is 23.4. The Bertz CT molecular complexity index is 620. The number of hydrogen-bond acceptors (Lipinski definition) is 5. The minimum atomic E-state index is -1.37. The number of hydrogen-bond donors (Lipinski definition) is 0. The fourth-order valence-electron chi connectivity index (χ4n) is 2.02. The average molecular weight is 400 g/mol. The highest BCUT2D eigenvalue weighted by Gasteiger charge is 2.16. The predicted molar refractivity (Wildman–Crippen MR) is 103 cm³/mol. The Balaban J connectivity index is 2.48. The zero-order valence-electron chi connectivity index (χ0n) is 16.0. The minimum absolute atomic E-state index is 0.0786. The predicted octanol–water partition coefficient (Wildman–Crippen LogP) is 4.68. The second-order valence-corrected chi connectivity index (χ2v) is 6.35. The van der Waals surface area contributed by atoms with Crippen LogP contribution in [0.2, 0.25) is 5.02 Å². The number of nitriles is 1. The molecule has 7 heteroatoms. The van der Waals surface area contributed by atoms with E-state index in [0.29, 0.717) is 18.1 Å². The first-order valence-electron chi connectivity index (χ1n) is 8.87. The Morgan fingerprint density at radius 2 is 1.96 bits per heavy atom. The SMILES string of the molecule is CC/C=C\CC(OCC(C)OC)OC[C@H](F)COc1ccc(Cl)cc1C#N. The molecule has 27 heavy (non-hydrogen) atoms. The lowest BCUT2D eigenvalue weighted by Gasteiger charge is -2.20. The Labute approximate surface area is 165 Å². The molecule has 1 rings (SSSR count). The van der Waals surface area contributed by atoms with Crippen LogP contribution < -0.4 is 4.74 Å². The van der Waals surface area contributed by atoms with E-state index < -0.39 is 12.5 Å². The first-order valence-corrected chi connectivity index (χ1v) is 9.25. The van der Waals surface area contributed by atoms with E-state index in [2.05, 4.69) is 0 Å². The van der Waals surface area contributed by atoms with Gasteiger partial charge in [-0.15, -0.1) is 0 Å². The van der Waals surface area contributed by atoms with E-state index in [0.717, 1.165) is 6.42 Å². The zero-order valence-corrected chi connectivity index (χ0v) is 16.7. The standard InChI is InChI=1S/C20H27ClFNO4/c1-4-5-6-7-20(26-12-15(2)24-3)27-14-18(22)13-25-19-9-8-17(21)10-16(19)11-23/h5-6,8-10,15,18,20H,4,7,12-14H2,1-3H3/b6-5-/t15?,18-,20?/m1/s1. The van der Waals surface area contributed by atoms with Crippen molar-refractivity contribution in [2.45, 2.75) is 45.3 Å². The van der Waals surface area contributed by atoms with E-state index in [1.165, 1.54) is 6.07 Å². The molecule has 0 saturated heterocycles. The van der Waals surface area contributed by atoms with Crippen LogP contribution >= 0.6 is 11.6 Å². The summed E-state index contributed by atoms with van der Waals surface area (Å²) in [5.41, 5.74) is 0.259. The van der Waals surface area contributed by atoms with Crippen LogP contribution in [-0.2, 0) is 14.2 Å². The van der Waals surface area contributed by atoms with E-state index in [1.807, 2.05) is 32.1 Å². The second kappa shape index (κ2) is 13.5. The molecule has 5 nitrogen and oxygen atoms in total. The number of methoxy groups -OCH3 is 1. The number of allylic oxidation sites excluding steroid dienone is 1. The van der Waals surface area contributed by atoms with Crippen LogP contribution in [0.15, 0.2) is 30.4 Å². The van der Waals surface area contributed by atoms with Crippen LogP contribution in [0.3, 0.4) is 0 Å². The van der Waals surface area contributed by atoms with Crippen molar-refractivity contribution >= 4 is 11.6 Å². The smallest absolute Gasteiger partial charge is 0.161 e. The molecular weight excluding hydrogens is 373 g/mol. The van der Waals surface area contributed by atoms with Crippen LogP contribution in [0.4, 0.5) is 4.39 Å². The van der Waals surface area contributed by atoms with Gasteiger partial charge in [-0.25, -0.2) is 4.39 Å². The topological polar surface area (TPSA) is 60.7 Å². The van der Waals surface area contributed by atoms with Crippen molar-refractivity contribution in [3.63, 3.8) is 0 Å². The van der Waals surface area contributed by atoms with Crippen molar-refractivity contribution < 1.29 is 23.3 Å². The minimum Gasteiger partial charge on any atom is -0.489 e. The van der Waals surface area contributed by atoms with E-state index >= 15 is 0 Å². The van der Waals surface area contributed by atoms with Gasteiger partial charge < -0.3 is 18.9 Å². The zero-order chi connectivity index (χ0) is 20.1. The molecule has 150 valence electrons. The van der Waals surface area contributed by atoms with Gasteiger partial charge in [-0.2, -0.15) is 5.26 Å². The number of halogens is 2. The molecule has 0 amide bonds. The Morgan fingerprint density at radius 3 is 2.63 bits per heavy atom. The van der Waals surface area contributed by atoms with Crippen molar-refractivity contribution in [2.24, 2.45) is 0 Å². The maximum Gasteiger partial charge on any atom is 0.161 e. The summed E-state index contributed by atoms with van der Waals surface area (Å²) in [4.78, 5) is 0. The molecule has 0 aliphatic carbocycles. The number of rotatable bonds is 13. The highest BCUT2D eigenvalue weighted by atomic mass is 35.5. The molecule has 0 saturated carbocycles. The summed E-state index contributed by atoms with van der Waals surface area (Å²) in [7, 11) is 1.60. The lowest BCUT2D eigenvalue weighted by Crippen LogP contribution is -2.27. The molecule has 0 aliphatic rings. The molecule has 0 fully saturated rings. The molecule has 1 aromatic rings. The van der Waals surface area contributed by atoms with Gasteiger partial charge in [0.1, 0.15) is 18.4 Å². The van der Waals surface area contributed by atoms with E-state index in [9.17, 15) is 4.39 Å². The van der Waals surface area contributed by atoms with Crippen molar-refractivity contribution in [3.8, 4) is 11.8 Å². The van der Waals surface area contributed by atoms with Gasteiger partial charge in [0.15, 0.2) is 12.5 Å². The fourth-order valence-corrected chi connectivity index (χ4v) is 2.20. The average Bonchev–Trinajstić information content (AvgIpc) is 2.68. The van der Waals surface area contributed by atoms with Crippen molar-refractivity contribution in [3.05, 3.63) is 40.9 Å².